The van der Waals surface area contributed by atoms with E-state index in [9.17, 15) is 9.59 Å². The number of hydrogen-bond donors (Lipinski definition) is 2. The van der Waals surface area contributed by atoms with Crippen molar-refractivity contribution in [2.45, 2.75) is 13.1 Å². The molecular weight excluding hydrogens is 366 g/mol. The lowest BCUT2D eigenvalue weighted by Gasteiger charge is -2.26. The van der Waals surface area contributed by atoms with Crippen LogP contribution >= 0.6 is 0 Å². The molecule has 3 amide bonds. The number of amides is 3. The molecule has 0 saturated heterocycles. The van der Waals surface area contributed by atoms with Gasteiger partial charge in [0.25, 0.3) is 5.91 Å². The van der Waals surface area contributed by atoms with Gasteiger partial charge in [0.05, 0.1) is 0 Å². The molecule has 6 nitrogen and oxygen atoms in total. The molecule has 0 fully saturated rings. The molecule has 148 valence electrons. The van der Waals surface area contributed by atoms with Gasteiger partial charge in [-0.3, -0.25) is 4.79 Å². The predicted octanol–water partition coefficient (Wildman–Crippen LogP) is 4.23. The lowest BCUT2D eigenvalue weighted by Crippen LogP contribution is -2.48. The summed E-state index contributed by atoms with van der Waals surface area (Å²) in [5.41, 5.74) is 7.31. The van der Waals surface area contributed by atoms with Gasteiger partial charge in [-0.05, 0) is 48.4 Å². The van der Waals surface area contributed by atoms with Gasteiger partial charge in [-0.1, -0.05) is 48.5 Å². The van der Waals surface area contributed by atoms with E-state index in [0.717, 1.165) is 16.9 Å². The zero-order chi connectivity index (χ0) is 20.8. The minimum absolute atomic E-state index is 0.226. The summed E-state index contributed by atoms with van der Waals surface area (Å²) in [5, 5.41) is 2.51. The van der Waals surface area contributed by atoms with Gasteiger partial charge >= 0.3 is 6.03 Å². The number of nitrogens with zero attached hydrogens (tertiary/aromatic N) is 1. The molecule has 3 N–H and O–H groups in total. The quantitative estimate of drug-likeness (QED) is 0.619. The Kier molecular flexibility index (Phi) is 6.14. The zero-order valence-electron chi connectivity index (χ0n) is 16.3. The van der Waals surface area contributed by atoms with E-state index in [-0.39, 0.29) is 5.91 Å². The summed E-state index contributed by atoms with van der Waals surface area (Å²) in [6.45, 7) is 1.69. The average Bonchev–Trinajstić information content (AvgIpc) is 2.73. The summed E-state index contributed by atoms with van der Waals surface area (Å²) in [4.78, 5) is 25.6. The van der Waals surface area contributed by atoms with Gasteiger partial charge in [0.2, 0.25) is 0 Å². The lowest BCUT2D eigenvalue weighted by atomic mass is 9.98. The number of urea groups is 1. The minimum atomic E-state index is -0.684. The molecule has 0 heterocycles. The highest BCUT2D eigenvalue weighted by atomic mass is 16.5. The predicted molar refractivity (Wildman–Crippen MR) is 113 cm³/mol. The fourth-order valence-corrected chi connectivity index (χ4v) is 2.94. The number of hydrogen-bond acceptors (Lipinski definition) is 3. The van der Waals surface area contributed by atoms with Gasteiger partial charge in [0, 0.05) is 12.6 Å². The first-order valence-electron chi connectivity index (χ1n) is 9.21. The maximum Gasteiger partial charge on any atom is 0.313 e. The van der Waals surface area contributed by atoms with Crippen LogP contribution in [0.5, 0.6) is 11.5 Å². The van der Waals surface area contributed by atoms with Crippen LogP contribution in [0.3, 0.4) is 0 Å². The monoisotopic (exact) mass is 389 g/mol. The van der Waals surface area contributed by atoms with Crippen LogP contribution in [0.25, 0.3) is 11.1 Å². The Hall–Kier alpha value is -3.80. The van der Waals surface area contributed by atoms with E-state index in [1.54, 1.807) is 26.1 Å². The third kappa shape index (κ3) is 4.93. The largest absolute Gasteiger partial charge is 0.457 e. The van der Waals surface area contributed by atoms with Crippen molar-refractivity contribution in [3.8, 4) is 22.6 Å². The van der Waals surface area contributed by atoms with E-state index in [0.29, 0.717) is 11.3 Å². The van der Waals surface area contributed by atoms with Gasteiger partial charge in [-0.25, -0.2) is 4.79 Å². The number of nitrogens with one attached hydrogen (secondary N) is 1. The highest BCUT2D eigenvalue weighted by molar-refractivity contribution is 6.01. The summed E-state index contributed by atoms with van der Waals surface area (Å²) in [7, 11) is 1.62. The third-order valence-corrected chi connectivity index (χ3v) is 4.53. The second kappa shape index (κ2) is 8.93. The molecule has 0 bridgehead atoms. The van der Waals surface area contributed by atoms with E-state index >= 15 is 0 Å². The smallest absolute Gasteiger partial charge is 0.313 e. The molecule has 1 atom stereocenters. The standard InChI is InChI=1S/C23H23N3O3/c1-16(25-23(24)28)26(2)22(27)21-14-7-6-13-20(21)17-9-8-12-19(15-17)29-18-10-4-3-5-11-18/h3-16H,1-2H3,(H3,24,25,28). The Morgan fingerprint density at radius 2 is 1.59 bits per heavy atom. The van der Waals surface area contributed by atoms with Gasteiger partial charge in [-0.2, -0.15) is 0 Å². The molecule has 1 unspecified atom stereocenters. The van der Waals surface area contributed by atoms with Crippen molar-refractivity contribution in [3.63, 3.8) is 0 Å². The number of primary amides is 1. The van der Waals surface area contributed by atoms with Crippen molar-refractivity contribution in [2.75, 3.05) is 7.05 Å². The first kappa shape index (κ1) is 19.9. The van der Waals surface area contributed by atoms with Crippen molar-refractivity contribution in [2.24, 2.45) is 5.73 Å². The SMILES string of the molecule is CC(NC(N)=O)N(C)C(=O)c1ccccc1-c1cccc(Oc2ccccc2)c1. The topological polar surface area (TPSA) is 84.7 Å². The van der Waals surface area contributed by atoms with Crippen LogP contribution < -0.4 is 15.8 Å². The van der Waals surface area contributed by atoms with Crippen LogP contribution in [0.1, 0.15) is 17.3 Å². The van der Waals surface area contributed by atoms with E-state index in [1.165, 1.54) is 4.90 Å². The van der Waals surface area contributed by atoms with E-state index in [4.69, 9.17) is 10.5 Å². The summed E-state index contributed by atoms with van der Waals surface area (Å²) in [6.07, 6.45) is -0.541. The highest BCUT2D eigenvalue weighted by Crippen LogP contribution is 2.30. The number of carbonyl (C=O) groups is 2. The summed E-state index contributed by atoms with van der Waals surface area (Å²) >= 11 is 0. The fourth-order valence-electron chi connectivity index (χ4n) is 2.94. The molecule has 0 spiro atoms. The van der Waals surface area contributed by atoms with Crippen LogP contribution in [-0.2, 0) is 0 Å². The number of para-hydroxylation sites is 1. The van der Waals surface area contributed by atoms with Gasteiger partial charge in [-0.15, -0.1) is 0 Å². The Balaban J connectivity index is 1.90. The second-order valence-corrected chi connectivity index (χ2v) is 6.59. The molecule has 3 aromatic carbocycles. The van der Waals surface area contributed by atoms with Crippen molar-refractivity contribution in [1.29, 1.82) is 0 Å². The van der Waals surface area contributed by atoms with Crippen molar-refractivity contribution < 1.29 is 14.3 Å². The highest BCUT2D eigenvalue weighted by Gasteiger charge is 2.21. The van der Waals surface area contributed by atoms with Crippen LogP contribution in [0.4, 0.5) is 4.79 Å². The normalized spacial score (nSPS) is 11.4. The van der Waals surface area contributed by atoms with Crippen molar-refractivity contribution >= 4 is 11.9 Å². The first-order chi connectivity index (χ1) is 14.0. The molecule has 0 aliphatic heterocycles. The molecule has 0 aromatic heterocycles. The molecule has 0 aliphatic rings. The lowest BCUT2D eigenvalue weighted by molar-refractivity contribution is 0.0728. The number of rotatable bonds is 6. The van der Waals surface area contributed by atoms with Crippen LogP contribution in [0.2, 0.25) is 0 Å². The van der Waals surface area contributed by atoms with Crippen molar-refractivity contribution in [3.05, 3.63) is 84.4 Å². The Morgan fingerprint density at radius 1 is 0.931 bits per heavy atom. The molecular formula is C23H23N3O3. The minimum Gasteiger partial charge on any atom is -0.457 e. The molecule has 3 aromatic rings. The second-order valence-electron chi connectivity index (χ2n) is 6.59. The third-order valence-electron chi connectivity index (χ3n) is 4.53. The Morgan fingerprint density at radius 3 is 2.31 bits per heavy atom. The van der Waals surface area contributed by atoms with Crippen molar-refractivity contribution in [1.82, 2.24) is 10.2 Å². The molecule has 0 radical (unpaired) electrons. The van der Waals surface area contributed by atoms with Crippen LogP contribution in [-0.4, -0.2) is 30.1 Å². The maximum atomic E-state index is 13.0. The average molecular weight is 389 g/mol. The fraction of sp³-hybridized carbons (Fsp3) is 0.130. The number of benzene rings is 3. The Bertz CT molecular complexity index is 1010. The van der Waals surface area contributed by atoms with E-state index in [2.05, 4.69) is 5.32 Å². The summed E-state index contributed by atoms with van der Waals surface area (Å²) < 4.78 is 5.91. The first-order valence-corrected chi connectivity index (χ1v) is 9.21. The number of nitrogens with two attached hydrogens (primary N) is 1. The summed E-state index contributed by atoms with van der Waals surface area (Å²) in [5.74, 6) is 1.18. The number of ether oxygens (including phenoxy) is 1. The van der Waals surface area contributed by atoms with Gasteiger partial charge in [0.15, 0.2) is 0 Å². The van der Waals surface area contributed by atoms with Gasteiger partial charge in [0.1, 0.15) is 17.7 Å². The van der Waals surface area contributed by atoms with E-state index in [1.807, 2.05) is 66.7 Å². The van der Waals surface area contributed by atoms with E-state index < -0.39 is 12.2 Å². The number of carbonyl (C=O) groups excluding carboxylic acids is 2. The molecule has 29 heavy (non-hydrogen) atoms. The summed E-state index contributed by atoms with van der Waals surface area (Å²) in [6, 6.07) is 23.7. The van der Waals surface area contributed by atoms with Gasteiger partial charge < -0.3 is 20.7 Å². The molecule has 0 saturated carbocycles. The molecule has 3 rings (SSSR count). The van der Waals surface area contributed by atoms with Crippen LogP contribution in [0.15, 0.2) is 78.9 Å². The zero-order valence-corrected chi connectivity index (χ0v) is 16.3. The molecule has 0 aliphatic carbocycles. The van der Waals surface area contributed by atoms with Crippen LogP contribution in [0, 0.1) is 0 Å². The Labute approximate surface area is 169 Å². The molecule has 6 heteroatoms. The maximum absolute atomic E-state index is 13.0.